The van der Waals surface area contributed by atoms with Gasteiger partial charge in [-0.3, -0.25) is 9.59 Å². The maximum Gasteiger partial charge on any atom is 0.319 e. The van der Waals surface area contributed by atoms with Gasteiger partial charge in [-0.2, -0.15) is 0 Å². The van der Waals surface area contributed by atoms with E-state index >= 15 is 0 Å². The highest BCUT2D eigenvalue weighted by Gasteiger charge is 2.47. The molecule has 0 amide bonds. The number of rotatable bonds is 4. The predicted molar refractivity (Wildman–Crippen MR) is 74.5 cm³/mol. The third kappa shape index (κ3) is 2.53. The van der Waals surface area contributed by atoms with Crippen molar-refractivity contribution in [3.05, 3.63) is 29.3 Å². The van der Waals surface area contributed by atoms with Gasteiger partial charge in [-0.05, 0) is 30.0 Å². The molecule has 2 aliphatic rings. The molecule has 1 saturated heterocycles. The topological polar surface area (TPSA) is 72.8 Å². The van der Waals surface area contributed by atoms with E-state index in [-0.39, 0.29) is 25.2 Å². The third-order valence-electron chi connectivity index (χ3n) is 4.36. The number of hydrogen-bond donors (Lipinski definition) is 1. The summed E-state index contributed by atoms with van der Waals surface area (Å²) >= 11 is 0. The van der Waals surface area contributed by atoms with Gasteiger partial charge in [0.15, 0.2) is 5.78 Å². The summed E-state index contributed by atoms with van der Waals surface area (Å²) < 4.78 is 10.7. The van der Waals surface area contributed by atoms with E-state index in [1.54, 1.807) is 0 Å². The Hall–Kier alpha value is -1.88. The quantitative estimate of drug-likeness (QED) is 0.853. The molecule has 1 aromatic carbocycles. The van der Waals surface area contributed by atoms with Crippen molar-refractivity contribution in [2.24, 2.45) is 5.41 Å². The van der Waals surface area contributed by atoms with Gasteiger partial charge in [0, 0.05) is 12.8 Å². The second-order valence-corrected chi connectivity index (χ2v) is 5.65. The van der Waals surface area contributed by atoms with Crippen molar-refractivity contribution in [2.45, 2.75) is 25.7 Å². The molecule has 3 rings (SSSR count). The number of ketones is 1. The van der Waals surface area contributed by atoms with Crippen LogP contribution in [0.5, 0.6) is 5.75 Å². The van der Waals surface area contributed by atoms with Crippen LogP contribution in [0.15, 0.2) is 18.2 Å². The first-order valence-corrected chi connectivity index (χ1v) is 7.21. The number of ether oxygens (including phenoxy) is 2. The zero-order valence-electron chi connectivity index (χ0n) is 11.8. The van der Waals surface area contributed by atoms with Gasteiger partial charge in [0.2, 0.25) is 0 Å². The van der Waals surface area contributed by atoms with Gasteiger partial charge in [0.25, 0.3) is 0 Å². The molecule has 1 N–H and O–H groups in total. The van der Waals surface area contributed by atoms with E-state index in [2.05, 4.69) is 0 Å². The van der Waals surface area contributed by atoms with E-state index in [1.165, 1.54) is 0 Å². The molecule has 5 heteroatoms. The maximum atomic E-state index is 12.1. The minimum absolute atomic E-state index is 0.0186. The summed E-state index contributed by atoms with van der Waals surface area (Å²) in [7, 11) is 0. The zero-order chi connectivity index (χ0) is 14.9. The molecule has 2 heterocycles. The number of carbonyl (C=O) groups excluding carboxylic acids is 1. The Morgan fingerprint density at radius 2 is 2.14 bits per heavy atom. The number of carbonyl (C=O) groups is 2. The van der Waals surface area contributed by atoms with E-state index < -0.39 is 11.4 Å². The molecule has 0 bridgehead atoms. The second kappa shape index (κ2) is 5.48. The molecule has 0 saturated carbocycles. The van der Waals surface area contributed by atoms with Gasteiger partial charge < -0.3 is 14.6 Å². The Morgan fingerprint density at radius 1 is 1.29 bits per heavy atom. The Kier molecular flexibility index (Phi) is 3.68. The number of aliphatic carboxylic acids is 1. The van der Waals surface area contributed by atoms with Gasteiger partial charge in [0.1, 0.15) is 11.2 Å². The Labute approximate surface area is 122 Å². The van der Waals surface area contributed by atoms with E-state index in [0.717, 1.165) is 23.3 Å². The lowest BCUT2D eigenvalue weighted by Crippen LogP contribution is -2.47. The monoisotopic (exact) mass is 290 g/mol. The van der Waals surface area contributed by atoms with Crippen LogP contribution in [0.1, 0.15) is 24.0 Å². The highest BCUT2D eigenvalue weighted by atomic mass is 16.5. The fraction of sp³-hybridized carbons (Fsp3) is 0.500. The molecule has 112 valence electrons. The Morgan fingerprint density at radius 3 is 2.90 bits per heavy atom. The minimum atomic E-state index is -1.38. The largest absolute Gasteiger partial charge is 0.493 e. The summed E-state index contributed by atoms with van der Waals surface area (Å²) in [6, 6.07) is 5.91. The molecule has 0 aromatic heterocycles. The Bertz CT molecular complexity index is 580. The smallest absolute Gasteiger partial charge is 0.319 e. The molecule has 1 fully saturated rings. The zero-order valence-corrected chi connectivity index (χ0v) is 11.8. The number of hydrogen-bond acceptors (Lipinski definition) is 4. The predicted octanol–water partition coefficient (Wildman–Crippen LogP) is 1.61. The SMILES string of the molecule is O=C(O)C1(CCc2ccc3c(c2)CCO3)COCCC1=O. The molecule has 21 heavy (non-hydrogen) atoms. The lowest BCUT2D eigenvalue weighted by molar-refractivity contribution is -0.165. The van der Waals surface area contributed by atoms with Crippen molar-refractivity contribution in [1.29, 1.82) is 0 Å². The standard InChI is InChI=1S/C16H18O5/c17-14-5-7-20-10-16(14,15(18)19)6-3-11-1-2-13-12(9-11)4-8-21-13/h1-2,9H,3-8,10H2,(H,18,19). The molecule has 5 nitrogen and oxygen atoms in total. The van der Waals surface area contributed by atoms with Crippen LogP contribution in [-0.4, -0.2) is 36.7 Å². The summed E-state index contributed by atoms with van der Waals surface area (Å²) in [6.45, 7) is 1.00. The van der Waals surface area contributed by atoms with Crippen molar-refractivity contribution >= 4 is 11.8 Å². The van der Waals surface area contributed by atoms with Crippen molar-refractivity contribution in [3.8, 4) is 5.75 Å². The van der Waals surface area contributed by atoms with Crippen molar-refractivity contribution in [1.82, 2.24) is 0 Å². The molecule has 1 unspecified atom stereocenters. The highest BCUT2D eigenvalue weighted by Crippen LogP contribution is 2.32. The summed E-state index contributed by atoms with van der Waals surface area (Å²) in [4.78, 5) is 23.7. The lowest BCUT2D eigenvalue weighted by Gasteiger charge is -2.31. The minimum Gasteiger partial charge on any atom is -0.493 e. The normalized spacial score (nSPS) is 24.5. The maximum absolute atomic E-state index is 12.1. The van der Waals surface area contributed by atoms with Crippen LogP contribution in [-0.2, 0) is 27.2 Å². The van der Waals surface area contributed by atoms with Gasteiger partial charge in [-0.25, -0.2) is 0 Å². The first-order valence-electron chi connectivity index (χ1n) is 7.21. The molecule has 1 aromatic rings. The lowest BCUT2D eigenvalue weighted by atomic mass is 9.76. The molecule has 1 atom stereocenters. The summed E-state index contributed by atoms with van der Waals surface area (Å²) in [5.41, 5.74) is 0.815. The first-order chi connectivity index (χ1) is 10.1. The van der Waals surface area contributed by atoms with Crippen LogP contribution in [0.4, 0.5) is 0 Å². The Balaban J connectivity index is 1.75. The first kappa shape index (κ1) is 14.1. The van der Waals surface area contributed by atoms with E-state index in [9.17, 15) is 14.7 Å². The van der Waals surface area contributed by atoms with Gasteiger partial charge in [-0.1, -0.05) is 12.1 Å². The number of carboxylic acids is 1. The van der Waals surface area contributed by atoms with Gasteiger partial charge >= 0.3 is 5.97 Å². The number of aryl methyl sites for hydroxylation is 1. The second-order valence-electron chi connectivity index (χ2n) is 5.65. The average molecular weight is 290 g/mol. The van der Waals surface area contributed by atoms with Crippen LogP contribution < -0.4 is 4.74 Å². The van der Waals surface area contributed by atoms with Crippen LogP contribution in [0.3, 0.4) is 0 Å². The molecule has 0 aliphatic carbocycles. The van der Waals surface area contributed by atoms with E-state index in [1.807, 2.05) is 18.2 Å². The molecular weight excluding hydrogens is 272 g/mol. The third-order valence-corrected chi connectivity index (χ3v) is 4.36. The van der Waals surface area contributed by atoms with Crippen LogP contribution >= 0.6 is 0 Å². The summed E-state index contributed by atoms with van der Waals surface area (Å²) in [5.74, 6) is -0.383. The fourth-order valence-electron chi connectivity index (χ4n) is 2.98. The molecule has 0 spiro atoms. The number of carboxylic acid groups (broad SMARTS) is 1. The molecule has 0 radical (unpaired) electrons. The average Bonchev–Trinajstić information content (AvgIpc) is 2.94. The van der Waals surface area contributed by atoms with Crippen molar-refractivity contribution < 1.29 is 24.2 Å². The van der Waals surface area contributed by atoms with Crippen LogP contribution in [0.25, 0.3) is 0 Å². The number of fused-ring (bicyclic) bond motifs is 1. The summed E-state index contributed by atoms with van der Waals surface area (Å²) in [5, 5.41) is 9.47. The van der Waals surface area contributed by atoms with Gasteiger partial charge in [-0.15, -0.1) is 0 Å². The van der Waals surface area contributed by atoms with Crippen molar-refractivity contribution in [2.75, 3.05) is 19.8 Å². The fourth-order valence-corrected chi connectivity index (χ4v) is 2.98. The van der Waals surface area contributed by atoms with Crippen LogP contribution in [0.2, 0.25) is 0 Å². The highest BCUT2D eigenvalue weighted by molar-refractivity contribution is 6.03. The van der Waals surface area contributed by atoms with E-state index in [4.69, 9.17) is 9.47 Å². The molecule has 2 aliphatic heterocycles. The van der Waals surface area contributed by atoms with Crippen molar-refractivity contribution in [3.63, 3.8) is 0 Å². The number of benzene rings is 1. The number of Topliss-reactive ketones (excluding diaryl/α,β-unsaturated/α-hetero) is 1. The molecular formula is C16H18O5. The van der Waals surface area contributed by atoms with Crippen LogP contribution in [0, 0.1) is 5.41 Å². The summed E-state index contributed by atoms with van der Waals surface area (Å²) in [6.07, 6.45) is 1.90. The van der Waals surface area contributed by atoms with E-state index in [0.29, 0.717) is 19.6 Å². The van der Waals surface area contributed by atoms with Gasteiger partial charge in [0.05, 0.1) is 19.8 Å².